The summed E-state index contributed by atoms with van der Waals surface area (Å²) in [6, 6.07) is -9.10. The Balaban J connectivity index is 0.000000203. The number of hydrogen-bond donors (Lipinski definition) is 16. The summed E-state index contributed by atoms with van der Waals surface area (Å²) < 4.78 is 191. The number of esters is 1. The number of aromatic hydroxyl groups is 3. The van der Waals surface area contributed by atoms with E-state index >= 15 is 0 Å². The topological polar surface area (TPSA) is 564 Å². The number of carbonyl (C=O) groups is 12. The minimum Gasteiger partial charge on any atom is -0.505 e. The molecule has 0 saturated carbocycles. The molecule has 6 fully saturated rings. The third kappa shape index (κ3) is 22.4. The van der Waals surface area contributed by atoms with Crippen molar-refractivity contribution in [1.82, 2.24) is 88.0 Å². The summed E-state index contributed by atoms with van der Waals surface area (Å²) >= 11 is 0. The van der Waals surface area contributed by atoms with Gasteiger partial charge in [-0.1, -0.05) is 13.8 Å². The van der Waals surface area contributed by atoms with Crippen LogP contribution in [-0.2, 0) is 81.4 Å². The number of amides is 11. The third-order valence-electron chi connectivity index (χ3n) is 22.2. The minimum atomic E-state index is -2.11. The van der Waals surface area contributed by atoms with E-state index < -0.39 is 339 Å². The van der Waals surface area contributed by atoms with E-state index in [0.717, 1.165) is 30.0 Å². The van der Waals surface area contributed by atoms with Crippen molar-refractivity contribution in [2.75, 3.05) is 26.9 Å². The quantitative estimate of drug-likeness (QED) is 0.0327. The lowest BCUT2D eigenvalue weighted by atomic mass is 9.90. The Hall–Kier alpha value is -13.1. The van der Waals surface area contributed by atoms with E-state index in [4.69, 9.17) is 18.9 Å². The molecule has 130 heavy (non-hydrogen) atoms. The predicted octanol–water partition coefficient (Wildman–Crippen LogP) is -1.17. The summed E-state index contributed by atoms with van der Waals surface area (Å²) in [4.78, 5) is 179. The highest BCUT2D eigenvalue weighted by Crippen LogP contribution is 2.31. The largest absolute Gasteiger partial charge is 0.505 e. The molecule has 0 bridgehead atoms. The van der Waals surface area contributed by atoms with Crippen LogP contribution in [0.1, 0.15) is 109 Å². The molecule has 0 radical (unpaired) electrons. The Morgan fingerprint density at radius 2 is 0.731 bits per heavy atom. The van der Waals surface area contributed by atoms with Gasteiger partial charge in [-0.3, -0.25) is 57.5 Å². The van der Waals surface area contributed by atoms with E-state index in [9.17, 15) is 141 Å². The molecule has 6 aromatic heterocycles. The van der Waals surface area contributed by atoms with E-state index in [1.165, 1.54) is 78.5 Å². The zero-order valence-electron chi connectivity index (χ0n) is 69.1. The maximum Gasteiger partial charge on any atom is 0.312 e. The van der Waals surface area contributed by atoms with E-state index in [2.05, 4.69) is 83.1 Å². The van der Waals surface area contributed by atoms with Crippen LogP contribution in [0.15, 0.2) is 55.0 Å². The number of aliphatic hydroxyl groups is 3. The fourth-order valence-corrected chi connectivity index (χ4v) is 14.3. The number of halogens is 12. The van der Waals surface area contributed by atoms with Crippen molar-refractivity contribution in [1.29, 1.82) is 0 Å². The van der Waals surface area contributed by atoms with Gasteiger partial charge < -0.3 is 108 Å². The molecule has 6 aliphatic rings. The Kier molecular flexibility index (Phi) is 32.3. The van der Waals surface area contributed by atoms with Gasteiger partial charge >= 0.3 is 5.97 Å². The highest BCUT2D eigenvalue weighted by atomic mass is 19.2. The van der Waals surface area contributed by atoms with Crippen LogP contribution in [0.25, 0.3) is 0 Å². The summed E-state index contributed by atoms with van der Waals surface area (Å²) in [5.41, 5.74) is -4.86. The lowest BCUT2D eigenvalue weighted by molar-refractivity contribution is -0.184. The lowest BCUT2D eigenvalue weighted by Gasteiger charge is -2.41. The second kappa shape index (κ2) is 42.4. The number of ether oxygens (including phenoxy) is 4. The number of nitrogens with one attached hydrogen (secondary N) is 10. The number of rotatable bonds is 15. The predicted molar refractivity (Wildman–Crippen MR) is 410 cm³/mol. The lowest BCUT2D eigenvalue weighted by Crippen LogP contribution is -2.66. The summed E-state index contributed by atoms with van der Waals surface area (Å²) in [5.74, 6) is -41.5. The highest BCUT2D eigenvalue weighted by molar-refractivity contribution is 6.01. The monoisotopic (exact) mass is 1850 g/mol. The first kappa shape index (κ1) is 99.0. The molecule has 16 N–H and O–H groups in total. The molecule has 12 rings (SSSR count). The molecule has 51 heteroatoms. The third-order valence-corrected chi connectivity index (χ3v) is 22.2. The van der Waals surface area contributed by atoms with Crippen molar-refractivity contribution in [3.05, 3.63) is 159 Å². The zero-order valence-corrected chi connectivity index (χ0v) is 69.1. The van der Waals surface area contributed by atoms with Crippen LogP contribution in [0.2, 0.25) is 0 Å². The molecular formula is C79H85F12N17O22. The first-order valence-corrected chi connectivity index (χ1v) is 39.7. The van der Waals surface area contributed by atoms with Crippen LogP contribution in [-0.4, -0.2) is 272 Å². The van der Waals surface area contributed by atoms with Crippen molar-refractivity contribution >= 4 is 70.9 Å². The normalized spacial score (nSPS) is 28.3. The second-order valence-corrected chi connectivity index (χ2v) is 30.9. The Morgan fingerprint density at radius 1 is 0.408 bits per heavy atom. The van der Waals surface area contributed by atoms with Crippen LogP contribution in [0.3, 0.4) is 0 Å². The number of carbonyl (C=O) groups excluding carboxylic acids is 12. The Bertz CT molecular complexity index is 5120. The van der Waals surface area contributed by atoms with E-state index in [1.807, 2.05) is 0 Å². The molecule has 0 aliphatic carbocycles. The van der Waals surface area contributed by atoms with Crippen LogP contribution < -0.4 is 53.2 Å². The molecule has 21 atom stereocenters. The molecule has 6 aliphatic heterocycles. The summed E-state index contributed by atoms with van der Waals surface area (Å²) in [6.07, 6.45) is -8.13. The van der Waals surface area contributed by atoms with Gasteiger partial charge in [-0.25, -0.2) is 28.1 Å². The highest BCUT2D eigenvalue weighted by Gasteiger charge is 2.49. The van der Waals surface area contributed by atoms with Gasteiger partial charge in [-0.05, 0) is 76.9 Å². The minimum absolute atomic E-state index is 0.260. The molecule has 6 unspecified atom stereocenters. The number of cyclic esters (lactones) is 1. The first-order chi connectivity index (χ1) is 61.3. The second-order valence-electron chi connectivity index (χ2n) is 30.9. The molecule has 0 spiro atoms. The van der Waals surface area contributed by atoms with Crippen molar-refractivity contribution < 1.29 is 160 Å². The van der Waals surface area contributed by atoms with Gasteiger partial charge in [0, 0.05) is 87.8 Å². The molecule has 11 amide bonds. The van der Waals surface area contributed by atoms with Crippen LogP contribution >= 0.6 is 0 Å². The van der Waals surface area contributed by atoms with Gasteiger partial charge in [0.2, 0.25) is 82.7 Å². The molecule has 0 aromatic carbocycles. The number of hydrogen-bond acceptors (Lipinski definition) is 28. The van der Waals surface area contributed by atoms with Crippen molar-refractivity contribution in [3.8, 4) is 17.2 Å². The number of pyridine rings is 6. The average Bonchev–Trinajstić information content (AvgIpc) is 0.787. The van der Waals surface area contributed by atoms with Gasteiger partial charge in [0.25, 0.3) is 41.5 Å². The number of nitrogens with zero attached hydrogens (tertiary/aromatic N) is 7. The summed E-state index contributed by atoms with van der Waals surface area (Å²) in [5, 5.41) is 87.4. The van der Waals surface area contributed by atoms with E-state index in [1.54, 1.807) is 0 Å². The standard InChI is InChI=1S/C27H30F4N6O7.C26H28F4N6O7.C26H27F4N5O8/c1-10-21(39)13(9-12-16(28)17(29)23(31)36-22(12)30)34-24(40)18(35-25(41)19-14(38)5-4-7-32-19)11(2)33-26(42)20(15-6-8-44-15)37(3)27(10)43;1-9-20(38)12(8-11-15(27)16(28)22(30)36-21(11)29)33-24(40)17(34-25(41)18-13(37)4-3-6-31-18)10(2)32-26(42)19(35-23(9)39)14-5-7-43-14;1-9-19(37)12(8-11-15(27)16(28)22(30)35-21(11)29)33-23(38)17(34-24(39)18-13(36)4-3-6-31-18)10(2)32-25(40)20(43-26(9)41)14-5-7-42-14/h4-5,7,10-11,13,15,18,20-21,38-39H,6,8-9H2,1-3H3,(H,33,42)(H,34,40)(H,35,41);3-4,6,9-10,12,14,17,19-20,37-38H,5,7-8H2,1-2H3,(H,32,42)(H,33,40)(H,34,41)(H,35,39);3-4,6,9-10,12,14,17,19-20,36-37H,5,7-8H2,1-2H3,(H,32,40)(H,33,38)(H,34,39)/t10-,11-,13+,15?,18+,20?,21+;9-,10-,12+,14?,17+,19?,20+;9-,10-,12+,14?,17+,19+,20?/m111/s1. The fourth-order valence-electron chi connectivity index (χ4n) is 14.3. The zero-order chi connectivity index (χ0) is 95.6. The Morgan fingerprint density at radius 3 is 1.06 bits per heavy atom. The van der Waals surface area contributed by atoms with Crippen molar-refractivity contribution in [3.63, 3.8) is 0 Å². The van der Waals surface area contributed by atoms with Gasteiger partial charge in [-0.15, -0.1) is 0 Å². The van der Waals surface area contributed by atoms with Crippen LogP contribution in [0.5, 0.6) is 17.2 Å². The molecule has 702 valence electrons. The number of aliphatic hydroxyl groups excluding tert-OH is 3. The van der Waals surface area contributed by atoms with E-state index in [-0.39, 0.29) is 6.61 Å². The molecule has 12 heterocycles. The van der Waals surface area contributed by atoms with Crippen LogP contribution in [0.4, 0.5) is 52.7 Å². The molecule has 39 nitrogen and oxygen atoms in total. The first-order valence-electron chi connectivity index (χ1n) is 39.7. The maximum absolute atomic E-state index is 14.6. The molecule has 6 saturated heterocycles. The average molecular weight is 1850 g/mol. The Labute approximate surface area is 726 Å². The van der Waals surface area contributed by atoms with E-state index in [0.29, 0.717) is 32.5 Å². The number of likely N-dealkylation sites (N-methyl/N-ethyl adjacent to an activating group) is 1. The van der Waals surface area contributed by atoms with Crippen molar-refractivity contribution in [2.24, 2.45) is 17.8 Å². The SMILES string of the molecule is C[C@H]1NC(=O)C(C2CCO2)N(C)C(=O)[C@H](C)[C@H](O)[C@H](Cc2c(F)nc(F)c(F)c2F)NC(=O)[C@H]1NC(=O)c1ncccc1O.C[C@H]1NC(=O)C(C2CCO2)NC(=O)[C@H](C)[C@H](O)[C@H](Cc2c(F)nc(F)c(F)c2F)NC(=O)[C@H]1NC(=O)c1ncccc1O.C[C@H]1NC(=O)C(C2CCO2)OC(=O)[C@H](C)[C@H](O)[C@H](Cc2c(F)nc(F)c(F)c2F)NC(=O)[C@H]1NC(=O)c1ncccc1O. The molecular weight excluding hydrogens is 1770 g/mol. The van der Waals surface area contributed by atoms with Gasteiger partial charge in [0.1, 0.15) is 53.6 Å². The number of aromatic nitrogens is 6. The van der Waals surface area contributed by atoms with Gasteiger partial charge in [0.05, 0.1) is 84.5 Å². The summed E-state index contributed by atoms with van der Waals surface area (Å²) in [6.45, 7) is 8.37. The molecule has 6 aromatic rings. The fraction of sp³-hybridized carbons (Fsp3) is 0.468. The van der Waals surface area contributed by atoms with Gasteiger partial charge in [-0.2, -0.15) is 54.5 Å². The van der Waals surface area contributed by atoms with Gasteiger partial charge in [0.15, 0.2) is 34.5 Å². The summed E-state index contributed by atoms with van der Waals surface area (Å²) in [7, 11) is 1.28. The van der Waals surface area contributed by atoms with Crippen LogP contribution in [0, 0.1) is 88.3 Å². The van der Waals surface area contributed by atoms with Crippen molar-refractivity contribution in [2.45, 2.75) is 189 Å². The maximum atomic E-state index is 14.6. The smallest absolute Gasteiger partial charge is 0.312 e.